The number of carboxylic acid groups (broad SMARTS) is 1. The number of benzene rings is 2. The zero-order chi connectivity index (χ0) is 17.2. The number of carbonyl (C=O) groups is 1. The van der Waals surface area contributed by atoms with E-state index in [1.807, 2.05) is 24.3 Å². The number of aromatic carboxylic acids is 1. The van der Waals surface area contributed by atoms with Crippen molar-refractivity contribution >= 4 is 40.1 Å². The van der Waals surface area contributed by atoms with Gasteiger partial charge in [0.15, 0.2) is 11.4 Å². The maximum absolute atomic E-state index is 10.7. The maximum atomic E-state index is 10.7. The molecule has 4 aromatic rings. The van der Waals surface area contributed by atoms with Gasteiger partial charge in [-0.1, -0.05) is 36.4 Å². The topological polar surface area (TPSA) is 103 Å². The molecule has 2 aromatic heterocycles. The number of para-hydroxylation sites is 1. The van der Waals surface area contributed by atoms with E-state index in [1.165, 1.54) is 18.5 Å². The van der Waals surface area contributed by atoms with Gasteiger partial charge in [-0.3, -0.25) is 5.43 Å². The lowest BCUT2D eigenvalue weighted by Gasteiger charge is -2.02. The van der Waals surface area contributed by atoms with Gasteiger partial charge in [-0.15, -0.1) is 0 Å². The third kappa shape index (κ3) is 2.78. The molecule has 1 N–H and O–H groups in total. The SMILES string of the molecule is O=C([O-])c1ccc(/C=N\Nc2ncnc3c2oc2ccccc23)cc1. The van der Waals surface area contributed by atoms with E-state index in [2.05, 4.69) is 20.5 Å². The Labute approximate surface area is 141 Å². The first-order valence-corrected chi connectivity index (χ1v) is 7.45. The third-order valence-corrected chi connectivity index (χ3v) is 3.69. The van der Waals surface area contributed by atoms with E-state index in [0.717, 1.165) is 16.5 Å². The van der Waals surface area contributed by atoms with Crippen LogP contribution in [0.1, 0.15) is 15.9 Å². The number of nitrogens with one attached hydrogen (secondary N) is 1. The summed E-state index contributed by atoms with van der Waals surface area (Å²) in [5, 5.41) is 15.8. The fourth-order valence-corrected chi connectivity index (χ4v) is 2.48. The number of hydrogen-bond donors (Lipinski definition) is 1. The van der Waals surface area contributed by atoms with Crippen molar-refractivity contribution in [3.8, 4) is 0 Å². The zero-order valence-electron chi connectivity index (χ0n) is 12.8. The summed E-state index contributed by atoms with van der Waals surface area (Å²) in [6.45, 7) is 0. The molecule has 2 aromatic carbocycles. The number of furan rings is 1. The molecule has 0 radical (unpaired) electrons. The van der Waals surface area contributed by atoms with E-state index in [-0.39, 0.29) is 5.56 Å². The smallest absolute Gasteiger partial charge is 0.197 e. The molecule has 0 saturated carbocycles. The summed E-state index contributed by atoms with van der Waals surface area (Å²) in [6, 6.07) is 13.8. The van der Waals surface area contributed by atoms with Crippen LogP contribution in [0.3, 0.4) is 0 Å². The number of hydrazone groups is 1. The second-order valence-electron chi connectivity index (χ2n) is 5.28. The first kappa shape index (κ1) is 14.8. The van der Waals surface area contributed by atoms with Crippen molar-refractivity contribution in [1.29, 1.82) is 0 Å². The van der Waals surface area contributed by atoms with E-state index in [9.17, 15) is 9.90 Å². The van der Waals surface area contributed by atoms with Gasteiger partial charge in [0.2, 0.25) is 0 Å². The predicted octanol–water partition coefficient (Wildman–Crippen LogP) is 2.19. The minimum Gasteiger partial charge on any atom is -0.545 e. The van der Waals surface area contributed by atoms with E-state index in [4.69, 9.17) is 4.42 Å². The Hall–Kier alpha value is -3.74. The number of nitrogens with zero attached hydrogens (tertiary/aromatic N) is 3. The molecule has 7 heteroatoms. The van der Waals surface area contributed by atoms with Crippen LogP contribution in [-0.2, 0) is 0 Å². The Morgan fingerprint density at radius 1 is 1.12 bits per heavy atom. The summed E-state index contributed by atoms with van der Waals surface area (Å²) in [5.41, 5.74) is 5.63. The lowest BCUT2D eigenvalue weighted by molar-refractivity contribution is -0.255. The highest BCUT2D eigenvalue weighted by molar-refractivity contribution is 6.05. The fraction of sp³-hybridized carbons (Fsp3) is 0. The number of aromatic nitrogens is 2. The van der Waals surface area contributed by atoms with Gasteiger partial charge in [0.05, 0.1) is 12.2 Å². The summed E-state index contributed by atoms with van der Waals surface area (Å²) < 4.78 is 5.79. The number of carbonyl (C=O) groups excluding carboxylic acids is 1. The van der Waals surface area contributed by atoms with Gasteiger partial charge in [0.1, 0.15) is 17.4 Å². The molecule has 0 fully saturated rings. The lowest BCUT2D eigenvalue weighted by Crippen LogP contribution is -2.21. The minimum atomic E-state index is -1.21. The Kier molecular flexibility index (Phi) is 3.59. The molecule has 0 aliphatic carbocycles. The molecule has 0 bridgehead atoms. The number of carboxylic acids is 1. The van der Waals surface area contributed by atoms with Crippen LogP contribution >= 0.6 is 0 Å². The highest BCUT2D eigenvalue weighted by Gasteiger charge is 2.11. The van der Waals surface area contributed by atoms with E-state index in [0.29, 0.717) is 16.9 Å². The van der Waals surface area contributed by atoms with Crippen LogP contribution in [0.4, 0.5) is 5.82 Å². The van der Waals surface area contributed by atoms with E-state index >= 15 is 0 Å². The van der Waals surface area contributed by atoms with Crippen molar-refractivity contribution in [3.05, 3.63) is 66.0 Å². The van der Waals surface area contributed by atoms with Gasteiger partial charge < -0.3 is 14.3 Å². The third-order valence-electron chi connectivity index (χ3n) is 3.69. The molecule has 4 rings (SSSR count). The van der Waals surface area contributed by atoms with Crippen LogP contribution in [0.2, 0.25) is 0 Å². The van der Waals surface area contributed by atoms with Gasteiger partial charge in [0.25, 0.3) is 0 Å². The molecule has 0 aliphatic rings. The highest BCUT2D eigenvalue weighted by Crippen LogP contribution is 2.30. The van der Waals surface area contributed by atoms with Crippen LogP contribution in [0, 0.1) is 0 Å². The van der Waals surface area contributed by atoms with Gasteiger partial charge >= 0.3 is 0 Å². The monoisotopic (exact) mass is 331 g/mol. The van der Waals surface area contributed by atoms with Crippen LogP contribution < -0.4 is 10.5 Å². The standard InChI is InChI=1S/C18H12N4O3/c23-18(24)12-7-5-11(6-8-12)9-21-22-17-16-15(19-10-20-17)13-3-1-2-4-14(13)25-16/h1-10H,(H,23,24)(H,19,20,22)/p-1/b21-9-. The molecular formula is C18H11N4O3-. The van der Waals surface area contributed by atoms with Gasteiger partial charge in [0, 0.05) is 5.39 Å². The maximum Gasteiger partial charge on any atom is 0.197 e. The molecule has 122 valence electrons. The quantitative estimate of drug-likeness (QED) is 0.454. The van der Waals surface area contributed by atoms with Crippen molar-refractivity contribution in [1.82, 2.24) is 9.97 Å². The molecule has 2 heterocycles. The second-order valence-corrected chi connectivity index (χ2v) is 5.28. The van der Waals surface area contributed by atoms with Crippen molar-refractivity contribution in [2.24, 2.45) is 5.10 Å². The predicted molar refractivity (Wildman–Crippen MR) is 91.3 cm³/mol. The summed E-state index contributed by atoms with van der Waals surface area (Å²) in [6.07, 6.45) is 2.99. The van der Waals surface area contributed by atoms with Gasteiger partial charge in [-0.05, 0) is 23.3 Å². The zero-order valence-corrected chi connectivity index (χ0v) is 12.8. The van der Waals surface area contributed by atoms with Crippen molar-refractivity contribution in [3.63, 3.8) is 0 Å². The van der Waals surface area contributed by atoms with Crippen LogP contribution in [0.5, 0.6) is 0 Å². The average molecular weight is 331 g/mol. The Morgan fingerprint density at radius 2 is 1.92 bits per heavy atom. The molecule has 0 saturated heterocycles. The van der Waals surface area contributed by atoms with Crippen molar-refractivity contribution in [2.45, 2.75) is 0 Å². The normalized spacial score (nSPS) is 11.4. The summed E-state index contributed by atoms with van der Waals surface area (Å²) in [4.78, 5) is 19.1. The second kappa shape index (κ2) is 6.04. The minimum absolute atomic E-state index is 0.116. The fourth-order valence-electron chi connectivity index (χ4n) is 2.48. The Bertz CT molecular complexity index is 1100. The summed E-state index contributed by atoms with van der Waals surface area (Å²) >= 11 is 0. The number of rotatable bonds is 4. The van der Waals surface area contributed by atoms with E-state index < -0.39 is 5.97 Å². The molecular weight excluding hydrogens is 320 g/mol. The molecule has 0 amide bonds. The number of fused-ring (bicyclic) bond motifs is 3. The Morgan fingerprint density at radius 3 is 2.72 bits per heavy atom. The molecule has 0 unspecified atom stereocenters. The molecule has 0 aliphatic heterocycles. The van der Waals surface area contributed by atoms with Crippen molar-refractivity contribution in [2.75, 3.05) is 5.43 Å². The van der Waals surface area contributed by atoms with E-state index in [1.54, 1.807) is 18.3 Å². The number of hydrogen-bond acceptors (Lipinski definition) is 7. The molecule has 0 spiro atoms. The van der Waals surface area contributed by atoms with Crippen LogP contribution in [-0.4, -0.2) is 22.2 Å². The highest BCUT2D eigenvalue weighted by atomic mass is 16.4. The average Bonchev–Trinajstić information content (AvgIpc) is 3.02. The van der Waals surface area contributed by atoms with Gasteiger partial charge in [-0.2, -0.15) is 5.10 Å². The first-order valence-electron chi connectivity index (χ1n) is 7.45. The largest absolute Gasteiger partial charge is 0.545 e. The molecule has 0 atom stereocenters. The molecule has 25 heavy (non-hydrogen) atoms. The first-order chi connectivity index (χ1) is 12.2. The summed E-state index contributed by atoms with van der Waals surface area (Å²) in [5.74, 6) is -0.765. The lowest BCUT2D eigenvalue weighted by atomic mass is 10.1. The Balaban J connectivity index is 1.61. The van der Waals surface area contributed by atoms with Crippen molar-refractivity contribution < 1.29 is 14.3 Å². The summed E-state index contributed by atoms with van der Waals surface area (Å²) in [7, 11) is 0. The van der Waals surface area contributed by atoms with Crippen LogP contribution in [0.25, 0.3) is 22.1 Å². The van der Waals surface area contributed by atoms with Crippen LogP contribution in [0.15, 0.2) is 64.4 Å². The number of anilines is 1. The van der Waals surface area contributed by atoms with Gasteiger partial charge in [-0.25, -0.2) is 9.97 Å². The molecule has 7 nitrogen and oxygen atoms in total.